The third kappa shape index (κ3) is 4.97. The lowest BCUT2D eigenvalue weighted by atomic mass is 10.0. The van der Waals surface area contributed by atoms with Crippen LogP contribution in [-0.2, 0) is 28.9 Å². The third-order valence-electron chi connectivity index (χ3n) is 5.65. The summed E-state index contributed by atoms with van der Waals surface area (Å²) < 4.78 is 7.40. The summed E-state index contributed by atoms with van der Waals surface area (Å²) in [5.41, 5.74) is 4.99. The number of aromatic nitrogens is 2. The molecule has 1 atom stereocenters. The number of nitrogens with zero attached hydrogens (tertiary/aromatic N) is 3. The Bertz CT molecular complexity index is 1030. The van der Waals surface area contributed by atoms with Crippen LogP contribution in [0.4, 0.5) is 5.69 Å². The van der Waals surface area contributed by atoms with Crippen molar-refractivity contribution in [1.82, 2.24) is 9.55 Å². The van der Waals surface area contributed by atoms with Crippen LogP contribution in [0.5, 0.6) is 0 Å². The lowest BCUT2D eigenvalue weighted by molar-refractivity contribution is -0.119. The van der Waals surface area contributed by atoms with Crippen LogP contribution in [0.15, 0.2) is 42.5 Å². The van der Waals surface area contributed by atoms with Gasteiger partial charge in [0.1, 0.15) is 12.4 Å². The number of benzene rings is 2. The van der Waals surface area contributed by atoms with E-state index in [0.717, 1.165) is 40.1 Å². The quantitative estimate of drug-likeness (QED) is 0.537. The van der Waals surface area contributed by atoms with Crippen molar-refractivity contribution in [3.8, 4) is 0 Å². The van der Waals surface area contributed by atoms with Crippen molar-refractivity contribution in [3.05, 3.63) is 59.4 Å². The first kappa shape index (κ1) is 23.0. The third-order valence-corrected chi connectivity index (χ3v) is 5.65. The Labute approximate surface area is 184 Å². The molecule has 0 aliphatic heterocycles. The Hall–Kier alpha value is -2.70. The Morgan fingerprint density at radius 2 is 2.00 bits per heavy atom. The number of ether oxygens (including phenoxy) is 1. The van der Waals surface area contributed by atoms with E-state index < -0.39 is 0 Å². The van der Waals surface area contributed by atoms with Crippen LogP contribution >= 0.6 is 0 Å². The number of anilines is 1. The average Bonchev–Trinajstić information content (AvgIpc) is 3.11. The first-order valence-corrected chi connectivity index (χ1v) is 11.0. The van der Waals surface area contributed by atoms with Crippen LogP contribution in [0.3, 0.4) is 0 Å². The van der Waals surface area contributed by atoms with Gasteiger partial charge in [-0.15, -0.1) is 0 Å². The topological polar surface area (TPSA) is 67.6 Å². The van der Waals surface area contributed by atoms with E-state index in [4.69, 9.17) is 9.72 Å². The number of aliphatic hydroxyl groups is 1. The predicted molar refractivity (Wildman–Crippen MR) is 125 cm³/mol. The second-order valence-electron chi connectivity index (χ2n) is 7.93. The molecule has 0 radical (unpaired) electrons. The van der Waals surface area contributed by atoms with E-state index in [1.807, 2.05) is 59.7 Å². The van der Waals surface area contributed by atoms with Crippen molar-refractivity contribution in [2.75, 3.05) is 25.2 Å². The lowest BCUT2D eigenvalue weighted by Gasteiger charge is -2.32. The molecule has 3 aromatic rings. The van der Waals surface area contributed by atoms with Crippen LogP contribution in [0.2, 0.25) is 0 Å². The molecule has 166 valence electrons. The number of amides is 1. The van der Waals surface area contributed by atoms with Gasteiger partial charge in [-0.1, -0.05) is 37.3 Å². The van der Waals surface area contributed by atoms with Crippen molar-refractivity contribution < 1.29 is 14.6 Å². The number of aryl methyl sites for hydroxylation is 3. The largest absolute Gasteiger partial charge is 0.396 e. The Balaban J connectivity index is 2.04. The molecular formula is C25H33N3O3. The van der Waals surface area contributed by atoms with Crippen molar-refractivity contribution in [2.24, 2.45) is 0 Å². The van der Waals surface area contributed by atoms with Crippen LogP contribution in [-0.4, -0.2) is 46.9 Å². The van der Waals surface area contributed by atoms with E-state index in [9.17, 15) is 9.90 Å². The Morgan fingerprint density at radius 1 is 1.23 bits per heavy atom. The number of para-hydroxylation sites is 3. The molecule has 0 bridgehead atoms. The number of imidazole rings is 1. The fourth-order valence-electron chi connectivity index (χ4n) is 4.20. The number of hydrogen-bond donors (Lipinski definition) is 1. The SMILES string of the molecule is CCc1cccc(C)c1N(C(=O)Cn1c(CCCO)nc2ccccc21)C(C)COC. The predicted octanol–water partition coefficient (Wildman–Crippen LogP) is 3.90. The molecule has 0 saturated heterocycles. The van der Waals surface area contributed by atoms with E-state index in [-0.39, 0.29) is 25.1 Å². The number of hydrogen-bond acceptors (Lipinski definition) is 4. The Kier molecular flexibility index (Phi) is 7.82. The minimum atomic E-state index is -0.112. The van der Waals surface area contributed by atoms with E-state index in [1.54, 1.807) is 7.11 Å². The highest BCUT2D eigenvalue weighted by molar-refractivity contribution is 5.96. The number of rotatable bonds is 10. The molecule has 31 heavy (non-hydrogen) atoms. The molecule has 3 rings (SSSR count). The molecule has 1 heterocycles. The standard InChI is InChI=1S/C25H33N3O3/c1-5-20-11-8-10-18(2)25(20)28(19(3)17-31-4)24(30)16-27-22-13-7-6-12-21(22)26-23(27)14-9-15-29/h6-8,10-13,19,29H,5,9,14-17H2,1-4H3. The number of methoxy groups -OCH3 is 1. The minimum absolute atomic E-state index is 0.00181. The summed E-state index contributed by atoms with van der Waals surface area (Å²) in [7, 11) is 1.66. The highest BCUT2D eigenvalue weighted by Gasteiger charge is 2.27. The van der Waals surface area contributed by atoms with Gasteiger partial charge in [-0.25, -0.2) is 4.98 Å². The molecule has 1 N–H and O–H groups in total. The summed E-state index contributed by atoms with van der Waals surface area (Å²) in [5, 5.41) is 9.31. The van der Waals surface area contributed by atoms with Gasteiger partial charge in [0.25, 0.3) is 0 Å². The molecule has 0 saturated carbocycles. The van der Waals surface area contributed by atoms with Crippen molar-refractivity contribution in [1.29, 1.82) is 0 Å². The van der Waals surface area contributed by atoms with E-state index in [0.29, 0.717) is 19.4 Å². The van der Waals surface area contributed by atoms with Crippen LogP contribution < -0.4 is 4.90 Å². The van der Waals surface area contributed by atoms with Crippen LogP contribution in [0, 0.1) is 6.92 Å². The maximum absolute atomic E-state index is 13.8. The van der Waals surface area contributed by atoms with Gasteiger partial charge in [-0.2, -0.15) is 0 Å². The zero-order chi connectivity index (χ0) is 22.4. The van der Waals surface area contributed by atoms with Gasteiger partial charge in [0, 0.05) is 20.1 Å². The number of fused-ring (bicyclic) bond motifs is 1. The molecule has 1 unspecified atom stereocenters. The van der Waals surface area contributed by atoms with Gasteiger partial charge in [-0.05, 0) is 49.9 Å². The van der Waals surface area contributed by atoms with Gasteiger partial charge in [0.05, 0.1) is 29.4 Å². The molecule has 0 fully saturated rings. The Morgan fingerprint density at radius 3 is 2.71 bits per heavy atom. The monoisotopic (exact) mass is 423 g/mol. The number of carbonyl (C=O) groups excluding carboxylic acids is 1. The summed E-state index contributed by atoms with van der Waals surface area (Å²) in [4.78, 5) is 20.4. The first-order valence-electron chi connectivity index (χ1n) is 11.0. The van der Waals surface area contributed by atoms with E-state index in [2.05, 4.69) is 13.0 Å². The molecule has 2 aromatic carbocycles. The molecule has 0 aliphatic carbocycles. The van der Waals surface area contributed by atoms with Gasteiger partial charge in [-0.3, -0.25) is 4.79 Å². The molecular weight excluding hydrogens is 390 g/mol. The van der Waals surface area contributed by atoms with Gasteiger partial charge in [0.15, 0.2) is 0 Å². The zero-order valence-electron chi connectivity index (χ0n) is 19.0. The minimum Gasteiger partial charge on any atom is -0.396 e. The summed E-state index contributed by atoms with van der Waals surface area (Å²) in [6.45, 7) is 6.91. The smallest absolute Gasteiger partial charge is 0.247 e. The van der Waals surface area contributed by atoms with Gasteiger partial charge >= 0.3 is 0 Å². The highest BCUT2D eigenvalue weighted by atomic mass is 16.5. The summed E-state index contributed by atoms with van der Waals surface area (Å²) in [6.07, 6.45) is 2.08. The zero-order valence-corrected chi connectivity index (χ0v) is 19.0. The molecule has 6 nitrogen and oxygen atoms in total. The summed E-state index contributed by atoms with van der Waals surface area (Å²) in [6, 6.07) is 13.9. The van der Waals surface area contributed by atoms with Gasteiger partial charge in [0.2, 0.25) is 5.91 Å². The highest BCUT2D eigenvalue weighted by Crippen LogP contribution is 2.29. The molecule has 0 spiro atoms. The second-order valence-corrected chi connectivity index (χ2v) is 7.93. The van der Waals surface area contributed by atoms with Crippen molar-refractivity contribution >= 4 is 22.6 Å². The summed E-state index contributed by atoms with van der Waals surface area (Å²) >= 11 is 0. The molecule has 1 amide bonds. The maximum Gasteiger partial charge on any atom is 0.247 e. The van der Waals surface area contributed by atoms with Crippen molar-refractivity contribution in [3.63, 3.8) is 0 Å². The number of aliphatic hydroxyl groups excluding tert-OH is 1. The lowest BCUT2D eigenvalue weighted by Crippen LogP contribution is -2.44. The maximum atomic E-state index is 13.8. The fourth-order valence-corrected chi connectivity index (χ4v) is 4.20. The van der Waals surface area contributed by atoms with E-state index >= 15 is 0 Å². The first-order chi connectivity index (χ1) is 15.0. The molecule has 0 aliphatic rings. The second kappa shape index (κ2) is 10.6. The average molecular weight is 424 g/mol. The van der Waals surface area contributed by atoms with E-state index in [1.165, 1.54) is 0 Å². The molecule has 1 aromatic heterocycles. The normalized spacial score (nSPS) is 12.3. The number of carbonyl (C=O) groups is 1. The van der Waals surface area contributed by atoms with Crippen LogP contribution in [0.1, 0.15) is 37.2 Å². The molecule has 6 heteroatoms. The van der Waals surface area contributed by atoms with Crippen molar-refractivity contribution in [2.45, 2.75) is 52.6 Å². The summed E-state index contributed by atoms with van der Waals surface area (Å²) in [5.74, 6) is 0.824. The fraction of sp³-hybridized carbons (Fsp3) is 0.440. The van der Waals surface area contributed by atoms with Crippen LogP contribution in [0.25, 0.3) is 11.0 Å². The van der Waals surface area contributed by atoms with Gasteiger partial charge < -0.3 is 19.3 Å².